The Morgan fingerprint density at radius 2 is 2.59 bits per heavy atom. The van der Waals surface area contributed by atoms with Crippen LogP contribution < -0.4 is 5.32 Å². The molecule has 1 heterocycles. The van der Waals surface area contributed by atoms with Crippen LogP contribution in [0.2, 0.25) is 0 Å². The van der Waals surface area contributed by atoms with Crippen molar-refractivity contribution < 1.29 is 5.11 Å². The highest BCUT2D eigenvalue weighted by molar-refractivity contribution is 7.99. The Kier molecular flexibility index (Phi) is 4.48. The number of nitrogens with zero attached hydrogens (tertiary/aromatic N) is 1. The van der Waals surface area contributed by atoms with E-state index in [4.69, 9.17) is 0 Å². The normalized spacial score (nSPS) is 28.7. The van der Waals surface area contributed by atoms with E-state index in [-0.39, 0.29) is 12.1 Å². The summed E-state index contributed by atoms with van der Waals surface area (Å²) < 4.78 is 0. The molecule has 17 heavy (non-hydrogen) atoms. The van der Waals surface area contributed by atoms with Gasteiger partial charge in [0.1, 0.15) is 0 Å². The van der Waals surface area contributed by atoms with Crippen molar-refractivity contribution >= 4 is 11.8 Å². The molecule has 3 N–H and O–H groups in total. The molecule has 1 fully saturated rings. The molecule has 1 aromatic rings. The summed E-state index contributed by atoms with van der Waals surface area (Å²) in [5.74, 6) is 0. The van der Waals surface area contributed by atoms with Gasteiger partial charge in [0, 0.05) is 23.2 Å². The first-order chi connectivity index (χ1) is 8.28. The summed E-state index contributed by atoms with van der Waals surface area (Å²) >= 11 is 1.79. The molecule has 2 atom stereocenters. The Labute approximate surface area is 107 Å². The Morgan fingerprint density at radius 3 is 3.24 bits per heavy atom. The molecule has 0 aromatic carbocycles. The Morgan fingerprint density at radius 1 is 1.71 bits per heavy atom. The number of thioether (sulfide) groups is 1. The number of hydrogen-bond donors (Lipinski definition) is 3. The summed E-state index contributed by atoms with van der Waals surface area (Å²) in [6.07, 6.45) is 7.97. The first-order valence-corrected chi connectivity index (χ1v) is 7.18. The molecule has 0 spiro atoms. The van der Waals surface area contributed by atoms with Crippen molar-refractivity contribution in [2.24, 2.45) is 0 Å². The molecule has 1 aromatic heterocycles. The van der Waals surface area contributed by atoms with Crippen molar-refractivity contribution in [2.75, 3.05) is 13.2 Å². The Bertz CT molecular complexity index is 331. The number of rotatable bonds is 6. The van der Waals surface area contributed by atoms with Crippen molar-refractivity contribution in [3.63, 3.8) is 0 Å². The minimum atomic E-state index is -0.0553. The fraction of sp³-hybridized carbons (Fsp3) is 0.750. The first-order valence-electron chi connectivity index (χ1n) is 6.30. The Hall–Kier alpha value is -0.520. The largest absolute Gasteiger partial charge is 0.394 e. The van der Waals surface area contributed by atoms with E-state index in [2.05, 4.69) is 22.2 Å². The maximum atomic E-state index is 9.59. The SMILES string of the molecule is CCCNC1(CO)CCC(Sc2ncc[nH]2)C1. The molecule has 1 saturated carbocycles. The lowest BCUT2D eigenvalue weighted by Gasteiger charge is -2.28. The molecular weight excluding hydrogens is 234 g/mol. The van der Waals surface area contributed by atoms with Crippen LogP contribution >= 0.6 is 11.8 Å². The molecule has 0 aliphatic heterocycles. The summed E-state index contributed by atoms with van der Waals surface area (Å²) in [6, 6.07) is 0. The third-order valence-corrected chi connectivity index (χ3v) is 4.55. The highest BCUT2D eigenvalue weighted by atomic mass is 32.2. The molecule has 0 saturated heterocycles. The van der Waals surface area contributed by atoms with E-state index in [0.717, 1.165) is 37.4 Å². The van der Waals surface area contributed by atoms with Crippen LogP contribution in [0.4, 0.5) is 0 Å². The fourth-order valence-electron chi connectivity index (χ4n) is 2.40. The zero-order chi connectivity index (χ0) is 12.1. The molecule has 0 amide bonds. The lowest BCUT2D eigenvalue weighted by Crippen LogP contribution is -2.46. The van der Waals surface area contributed by atoms with Crippen LogP contribution in [0, 0.1) is 0 Å². The predicted molar refractivity (Wildman–Crippen MR) is 70.2 cm³/mol. The summed E-state index contributed by atoms with van der Waals surface area (Å²) in [6.45, 7) is 3.38. The molecule has 2 rings (SSSR count). The quantitative estimate of drug-likeness (QED) is 0.725. The summed E-state index contributed by atoms with van der Waals surface area (Å²) in [5, 5.41) is 14.6. The monoisotopic (exact) mass is 255 g/mol. The predicted octanol–water partition coefficient (Wildman–Crippen LogP) is 1.78. The van der Waals surface area contributed by atoms with Gasteiger partial charge in [-0.3, -0.25) is 0 Å². The zero-order valence-corrected chi connectivity index (χ0v) is 11.1. The van der Waals surface area contributed by atoms with Crippen molar-refractivity contribution in [3.8, 4) is 0 Å². The van der Waals surface area contributed by atoms with E-state index in [9.17, 15) is 5.11 Å². The van der Waals surface area contributed by atoms with Crippen molar-refractivity contribution in [1.29, 1.82) is 0 Å². The van der Waals surface area contributed by atoms with E-state index in [1.54, 1.807) is 18.0 Å². The minimum absolute atomic E-state index is 0.0553. The summed E-state index contributed by atoms with van der Waals surface area (Å²) in [5.41, 5.74) is -0.0553. The van der Waals surface area contributed by atoms with Crippen LogP contribution in [0.25, 0.3) is 0 Å². The van der Waals surface area contributed by atoms with Crippen LogP contribution in [0.5, 0.6) is 0 Å². The molecule has 0 radical (unpaired) electrons. The van der Waals surface area contributed by atoms with Crippen LogP contribution in [0.1, 0.15) is 32.6 Å². The van der Waals surface area contributed by atoms with Crippen LogP contribution in [-0.4, -0.2) is 39.0 Å². The topological polar surface area (TPSA) is 60.9 Å². The molecule has 5 heteroatoms. The number of H-pyrrole nitrogens is 1. The second-order valence-electron chi connectivity index (χ2n) is 4.74. The third kappa shape index (κ3) is 3.24. The van der Waals surface area contributed by atoms with Gasteiger partial charge in [-0.1, -0.05) is 18.7 Å². The van der Waals surface area contributed by atoms with Gasteiger partial charge >= 0.3 is 0 Å². The van der Waals surface area contributed by atoms with Gasteiger partial charge in [-0.05, 0) is 32.2 Å². The van der Waals surface area contributed by atoms with Gasteiger partial charge in [0.15, 0.2) is 5.16 Å². The molecule has 1 aliphatic carbocycles. The maximum absolute atomic E-state index is 9.59. The lowest BCUT2D eigenvalue weighted by atomic mass is 9.99. The zero-order valence-electron chi connectivity index (χ0n) is 10.3. The number of aliphatic hydroxyl groups excluding tert-OH is 1. The molecule has 4 nitrogen and oxygen atoms in total. The first kappa shape index (κ1) is 12.9. The number of aliphatic hydroxyl groups is 1. The van der Waals surface area contributed by atoms with E-state index in [0.29, 0.717) is 5.25 Å². The van der Waals surface area contributed by atoms with E-state index in [1.807, 2.05) is 6.20 Å². The number of nitrogens with one attached hydrogen (secondary N) is 2. The second kappa shape index (κ2) is 5.89. The number of hydrogen-bond acceptors (Lipinski definition) is 4. The van der Waals surface area contributed by atoms with Crippen molar-refractivity contribution in [3.05, 3.63) is 12.4 Å². The minimum Gasteiger partial charge on any atom is -0.394 e. The van der Waals surface area contributed by atoms with Gasteiger partial charge in [-0.15, -0.1) is 0 Å². The van der Waals surface area contributed by atoms with E-state index >= 15 is 0 Å². The van der Waals surface area contributed by atoms with Crippen LogP contribution in [-0.2, 0) is 0 Å². The summed E-state index contributed by atoms with van der Waals surface area (Å²) in [7, 11) is 0. The average Bonchev–Trinajstić information content (AvgIpc) is 2.98. The number of imidazole rings is 1. The standard InChI is InChI=1S/C12H21N3OS/c1-2-5-15-12(9-16)4-3-10(8-12)17-11-13-6-7-14-11/h6-7,10,15-16H,2-5,8-9H2,1H3,(H,13,14). The van der Waals surface area contributed by atoms with Crippen molar-refractivity contribution in [2.45, 2.75) is 48.6 Å². The smallest absolute Gasteiger partial charge is 0.165 e. The van der Waals surface area contributed by atoms with E-state index in [1.165, 1.54) is 0 Å². The number of aromatic nitrogens is 2. The molecule has 1 aliphatic rings. The second-order valence-corrected chi connectivity index (χ2v) is 6.03. The average molecular weight is 255 g/mol. The third-order valence-electron chi connectivity index (χ3n) is 3.37. The highest BCUT2D eigenvalue weighted by Gasteiger charge is 2.38. The molecule has 96 valence electrons. The lowest BCUT2D eigenvalue weighted by molar-refractivity contribution is 0.165. The molecule has 0 bridgehead atoms. The molecular formula is C12H21N3OS. The Balaban J connectivity index is 1.88. The van der Waals surface area contributed by atoms with Gasteiger partial charge in [0.2, 0.25) is 0 Å². The van der Waals surface area contributed by atoms with Crippen molar-refractivity contribution in [1.82, 2.24) is 15.3 Å². The van der Waals surface area contributed by atoms with Gasteiger partial charge in [0.25, 0.3) is 0 Å². The van der Waals surface area contributed by atoms with Gasteiger partial charge in [-0.2, -0.15) is 0 Å². The van der Waals surface area contributed by atoms with Gasteiger partial charge in [0.05, 0.1) is 6.61 Å². The highest BCUT2D eigenvalue weighted by Crippen LogP contribution is 2.38. The van der Waals surface area contributed by atoms with Gasteiger partial charge in [-0.25, -0.2) is 4.98 Å². The maximum Gasteiger partial charge on any atom is 0.165 e. The van der Waals surface area contributed by atoms with Gasteiger partial charge < -0.3 is 15.4 Å². The summed E-state index contributed by atoms with van der Waals surface area (Å²) in [4.78, 5) is 7.36. The fourth-order valence-corrected chi connectivity index (χ4v) is 3.61. The molecule has 2 unspecified atom stereocenters. The van der Waals surface area contributed by atoms with Crippen LogP contribution in [0.3, 0.4) is 0 Å². The van der Waals surface area contributed by atoms with Crippen LogP contribution in [0.15, 0.2) is 17.6 Å². The number of aromatic amines is 1. The van der Waals surface area contributed by atoms with E-state index < -0.39 is 0 Å².